The molecule has 2 aliphatic heterocycles. The van der Waals surface area contributed by atoms with Gasteiger partial charge in [0.15, 0.2) is 0 Å². The number of nitrogens with zero attached hydrogens (tertiary/aromatic N) is 3. The zero-order valence-electron chi connectivity index (χ0n) is 15.9. The highest BCUT2D eigenvalue weighted by Gasteiger charge is 2.27. The number of carbonyl (C=O) groups is 1. The Hall–Kier alpha value is -1.75. The molecule has 2 aliphatic rings. The summed E-state index contributed by atoms with van der Waals surface area (Å²) in [7, 11) is 0. The predicted molar refractivity (Wildman–Crippen MR) is 103 cm³/mol. The van der Waals surface area contributed by atoms with E-state index in [9.17, 15) is 4.79 Å². The van der Waals surface area contributed by atoms with Crippen LogP contribution in [0.4, 0.5) is 10.5 Å². The van der Waals surface area contributed by atoms with Gasteiger partial charge < -0.3 is 20.0 Å². The van der Waals surface area contributed by atoms with Crippen molar-refractivity contribution in [1.29, 1.82) is 0 Å². The molecule has 5 nitrogen and oxygen atoms in total. The van der Waals surface area contributed by atoms with E-state index in [2.05, 4.69) is 54.1 Å². The van der Waals surface area contributed by atoms with Gasteiger partial charge in [0.2, 0.25) is 0 Å². The summed E-state index contributed by atoms with van der Waals surface area (Å²) < 4.78 is 0. The molecule has 2 amide bonds. The van der Waals surface area contributed by atoms with Gasteiger partial charge in [0.1, 0.15) is 0 Å². The summed E-state index contributed by atoms with van der Waals surface area (Å²) in [5.41, 5.74) is 3.92. The van der Waals surface area contributed by atoms with Gasteiger partial charge in [-0.25, -0.2) is 4.79 Å². The van der Waals surface area contributed by atoms with Crippen LogP contribution in [0, 0.1) is 13.8 Å². The molecule has 0 saturated carbocycles. The second-order valence-corrected chi connectivity index (χ2v) is 7.50. The quantitative estimate of drug-likeness (QED) is 0.913. The minimum Gasteiger partial charge on any atom is -0.368 e. The fraction of sp³-hybridized carbons (Fsp3) is 0.650. The van der Waals surface area contributed by atoms with Gasteiger partial charge in [0.05, 0.1) is 0 Å². The lowest BCUT2D eigenvalue weighted by Gasteiger charge is -2.37. The average Bonchev–Trinajstić information content (AvgIpc) is 3.02. The molecule has 1 aromatic carbocycles. The molecular formula is C20H32N4O. The van der Waals surface area contributed by atoms with Gasteiger partial charge >= 0.3 is 6.03 Å². The Bertz CT molecular complexity index is 595. The number of hydrogen-bond donors (Lipinski definition) is 1. The largest absolute Gasteiger partial charge is 0.368 e. The van der Waals surface area contributed by atoms with E-state index in [1.54, 1.807) is 0 Å². The number of piperazine rings is 1. The zero-order valence-corrected chi connectivity index (χ0v) is 15.9. The van der Waals surface area contributed by atoms with Crippen LogP contribution >= 0.6 is 0 Å². The van der Waals surface area contributed by atoms with Crippen molar-refractivity contribution in [2.24, 2.45) is 0 Å². The normalized spacial score (nSPS) is 21.6. The Balaban J connectivity index is 1.48. The highest BCUT2D eigenvalue weighted by Crippen LogP contribution is 2.22. The summed E-state index contributed by atoms with van der Waals surface area (Å²) in [5.74, 6) is 0. The summed E-state index contributed by atoms with van der Waals surface area (Å²) in [6.07, 6.45) is 2.26. The van der Waals surface area contributed by atoms with Crippen molar-refractivity contribution in [2.45, 2.75) is 39.7 Å². The van der Waals surface area contributed by atoms with Crippen LogP contribution in [0.5, 0.6) is 0 Å². The average molecular weight is 345 g/mol. The molecule has 0 aromatic heterocycles. The maximum Gasteiger partial charge on any atom is 0.317 e. The Kier molecular flexibility index (Phi) is 5.84. The molecule has 0 bridgehead atoms. The Labute approximate surface area is 152 Å². The first kappa shape index (κ1) is 18.1. The van der Waals surface area contributed by atoms with Crippen molar-refractivity contribution in [3.05, 3.63) is 29.3 Å². The van der Waals surface area contributed by atoms with Crippen LogP contribution in [0.1, 0.15) is 30.9 Å². The molecule has 25 heavy (non-hydrogen) atoms. The molecule has 1 N–H and O–H groups in total. The number of anilines is 1. The first-order chi connectivity index (χ1) is 12.1. The standard InChI is InChI=1S/C20H32N4O/c1-4-8-22-9-7-18(15-22)21-20(25)24-12-10-23(11-13-24)19-6-5-16(2)14-17(19)3/h5-6,14,18H,4,7-13,15H2,1-3H3,(H,21,25)/t18-/m0/s1. The fourth-order valence-electron chi connectivity index (χ4n) is 4.05. The first-order valence-electron chi connectivity index (χ1n) is 9.67. The number of likely N-dealkylation sites (tertiary alicyclic amines) is 1. The molecule has 0 spiro atoms. The summed E-state index contributed by atoms with van der Waals surface area (Å²) in [4.78, 5) is 19.4. The van der Waals surface area contributed by atoms with Gasteiger partial charge in [-0.1, -0.05) is 24.6 Å². The zero-order chi connectivity index (χ0) is 17.8. The van der Waals surface area contributed by atoms with Crippen LogP contribution in [-0.2, 0) is 0 Å². The number of benzene rings is 1. The highest BCUT2D eigenvalue weighted by molar-refractivity contribution is 5.75. The van der Waals surface area contributed by atoms with Crippen LogP contribution in [0.15, 0.2) is 18.2 Å². The minimum absolute atomic E-state index is 0.114. The Morgan fingerprint density at radius 3 is 2.60 bits per heavy atom. The van der Waals surface area contributed by atoms with Gasteiger partial charge in [-0.15, -0.1) is 0 Å². The molecule has 5 heteroatoms. The number of carbonyl (C=O) groups excluding carboxylic acids is 1. The highest BCUT2D eigenvalue weighted by atomic mass is 16.2. The molecule has 2 heterocycles. The number of urea groups is 1. The summed E-state index contributed by atoms with van der Waals surface area (Å²) in [6.45, 7) is 13.2. The van der Waals surface area contributed by atoms with Crippen LogP contribution in [0.2, 0.25) is 0 Å². The van der Waals surface area contributed by atoms with E-state index < -0.39 is 0 Å². The van der Waals surface area contributed by atoms with Crippen LogP contribution in [0.3, 0.4) is 0 Å². The fourth-order valence-corrected chi connectivity index (χ4v) is 4.05. The lowest BCUT2D eigenvalue weighted by Crippen LogP contribution is -2.54. The number of aryl methyl sites for hydroxylation is 2. The summed E-state index contributed by atoms with van der Waals surface area (Å²) in [6, 6.07) is 7.04. The topological polar surface area (TPSA) is 38.8 Å². The monoisotopic (exact) mass is 344 g/mol. The molecule has 0 unspecified atom stereocenters. The number of rotatable bonds is 4. The molecule has 138 valence electrons. The molecule has 2 fully saturated rings. The van der Waals surface area contributed by atoms with E-state index in [0.29, 0.717) is 6.04 Å². The van der Waals surface area contributed by atoms with Crippen molar-refractivity contribution in [1.82, 2.24) is 15.1 Å². The van der Waals surface area contributed by atoms with E-state index in [0.717, 1.165) is 52.2 Å². The molecular weight excluding hydrogens is 312 g/mol. The SMILES string of the molecule is CCCN1CC[C@H](NC(=O)N2CCN(c3ccc(C)cc3C)CC2)C1. The van der Waals surface area contributed by atoms with Crippen molar-refractivity contribution < 1.29 is 4.79 Å². The molecule has 3 rings (SSSR count). The van der Waals surface area contributed by atoms with E-state index in [-0.39, 0.29) is 6.03 Å². The second kappa shape index (κ2) is 8.09. The third kappa shape index (κ3) is 4.46. The van der Waals surface area contributed by atoms with Crippen LogP contribution < -0.4 is 10.2 Å². The molecule has 1 atom stereocenters. The van der Waals surface area contributed by atoms with E-state index in [1.165, 1.54) is 23.2 Å². The van der Waals surface area contributed by atoms with Crippen molar-refractivity contribution >= 4 is 11.7 Å². The maximum atomic E-state index is 12.6. The molecule has 0 radical (unpaired) electrons. The molecule has 0 aliphatic carbocycles. The van der Waals surface area contributed by atoms with Gasteiger partial charge in [-0.05, 0) is 44.9 Å². The maximum absolute atomic E-state index is 12.6. The number of hydrogen-bond acceptors (Lipinski definition) is 3. The summed E-state index contributed by atoms with van der Waals surface area (Å²) >= 11 is 0. The van der Waals surface area contributed by atoms with Crippen molar-refractivity contribution in [2.75, 3.05) is 50.7 Å². The number of amides is 2. The Morgan fingerprint density at radius 2 is 1.92 bits per heavy atom. The third-order valence-electron chi connectivity index (χ3n) is 5.40. The van der Waals surface area contributed by atoms with E-state index in [1.807, 2.05) is 4.90 Å². The van der Waals surface area contributed by atoms with Gasteiger partial charge in [-0.3, -0.25) is 0 Å². The lowest BCUT2D eigenvalue weighted by molar-refractivity contribution is 0.190. The van der Waals surface area contributed by atoms with Crippen molar-refractivity contribution in [3.8, 4) is 0 Å². The van der Waals surface area contributed by atoms with E-state index in [4.69, 9.17) is 0 Å². The van der Waals surface area contributed by atoms with Gasteiger partial charge in [0.25, 0.3) is 0 Å². The number of nitrogens with one attached hydrogen (secondary N) is 1. The second-order valence-electron chi connectivity index (χ2n) is 7.50. The van der Waals surface area contributed by atoms with Crippen molar-refractivity contribution in [3.63, 3.8) is 0 Å². The van der Waals surface area contributed by atoms with Crippen LogP contribution in [-0.4, -0.2) is 67.7 Å². The first-order valence-corrected chi connectivity index (χ1v) is 9.67. The summed E-state index contributed by atoms with van der Waals surface area (Å²) in [5, 5.41) is 3.24. The predicted octanol–water partition coefficient (Wildman–Crippen LogP) is 2.62. The van der Waals surface area contributed by atoms with Crippen LogP contribution in [0.25, 0.3) is 0 Å². The Morgan fingerprint density at radius 1 is 1.16 bits per heavy atom. The van der Waals surface area contributed by atoms with E-state index >= 15 is 0 Å². The van der Waals surface area contributed by atoms with Gasteiger partial charge in [0, 0.05) is 51.0 Å². The third-order valence-corrected chi connectivity index (χ3v) is 5.40. The molecule has 1 aromatic rings. The van der Waals surface area contributed by atoms with Gasteiger partial charge in [-0.2, -0.15) is 0 Å². The molecule has 2 saturated heterocycles. The minimum atomic E-state index is 0.114. The smallest absolute Gasteiger partial charge is 0.317 e. The lowest BCUT2D eigenvalue weighted by atomic mass is 10.1.